The van der Waals surface area contributed by atoms with Gasteiger partial charge in [0.05, 0.1) is 17.9 Å². The van der Waals surface area contributed by atoms with E-state index < -0.39 is 23.6 Å². The van der Waals surface area contributed by atoms with Gasteiger partial charge in [-0.05, 0) is 76.4 Å². The van der Waals surface area contributed by atoms with E-state index in [-0.39, 0.29) is 37.1 Å². The molecule has 2 aromatic rings. The molecule has 1 saturated heterocycles. The number of piperidine rings is 1. The van der Waals surface area contributed by atoms with Crippen molar-refractivity contribution < 1.29 is 28.7 Å². The number of ether oxygens (including phenoxy) is 1. The van der Waals surface area contributed by atoms with Crippen LogP contribution in [0.4, 0.5) is 21.9 Å². The lowest BCUT2D eigenvalue weighted by molar-refractivity contribution is -0.137. The maximum atomic E-state index is 13.0. The van der Waals surface area contributed by atoms with Crippen molar-refractivity contribution in [1.82, 2.24) is 15.5 Å². The number of alkyl carbamates (subject to hydrolysis) is 1. The monoisotopic (exact) mass is 604 g/mol. The zero-order chi connectivity index (χ0) is 31.9. The molecule has 2 aromatic carbocycles. The predicted octanol–water partition coefficient (Wildman–Crippen LogP) is 4.95. The summed E-state index contributed by atoms with van der Waals surface area (Å²) in [5.41, 5.74) is 2.66. The van der Waals surface area contributed by atoms with Crippen LogP contribution < -0.4 is 15.5 Å². The van der Waals surface area contributed by atoms with Crippen LogP contribution in [0.3, 0.4) is 0 Å². The normalized spacial score (nSPS) is 16.6. The van der Waals surface area contributed by atoms with Crippen molar-refractivity contribution in [2.45, 2.75) is 77.5 Å². The molecule has 4 rings (SSSR count). The van der Waals surface area contributed by atoms with Crippen molar-refractivity contribution in [3.63, 3.8) is 0 Å². The molecule has 234 valence electrons. The number of Topliss-reactive ketones (excluding diaryl/α,β-unsaturated/α-hetero) is 1. The van der Waals surface area contributed by atoms with Crippen LogP contribution in [0.2, 0.25) is 0 Å². The molecular weight excluding hydrogens is 564 g/mol. The lowest BCUT2D eigenvalue weighted by atomic mass is 10.0. The Hall–Kier alpha value is -4.61. The van der Waals surface area contributed by atoms with Crippen LogP contribution in [0.25, 0.3) is 0 Å². The van der Waals surface area contributed by atoms with E-state index in [1.807, 2.05) is 57.0 Å². The number of carbonyl (C=O) groups is 5. The number of fused-ring (bicyclic) bond motifs is 1. The van der Waals surface area contributed by atoms with Gasteiger partial charge in [0.2, 0.25) is 11.8 Å². The molecule has 0 aromatic heterocycles. The highest BCUT2D eigenvalue weighted by molar-refractivity contribution is 6.06. The number of hydrogen-bond acceptors (Lipinski definition) is 9. The first-order valence-electron chi connectivity index (χ1n) is 14.9. The number of ketones is 1. The molecule has 2 N–H and O–H groups in total. The Morgan fingerprint density at radius 2 is 1.80 bits per heavy atom. The van der Waals surface area contributed by atoms with Gasteiger partial charge in [-0.25, -0.2) is 4.79 Å². The molecule has 2 aliphatic rings. The number of unbranched alkanes of at least 4 members (excludes halogenated alkanes) is 2. The summed E-state index contributed by atoms with van der Waals surface area (Å²) in [6, 6.07) is 11.9. The predicted molar refractivity (Wildman–Crippen MR) is 164 cm³/mol. The summed E-state index contributed by atoms with van der Waals surface area (Å²) in [5.74, 6) is -0.909. The van der Waals surface area contributed by atoms with Crippen LogP contribution in [0.15, 0.2) is 52.7 Å². The minimum Gasteiger partial charge on any atom is -0.444 e. The molecule has 0 aliphatic carbocycles. The smallest absolute Gasteiger partial charge is 0.407 e. The summed E-state index contributed by atoms with van der Waals surface area (Å²) < 4.78 is 5.20. The van der Waals surface area contributed by atoms with E-state index >= 15 is 0 Å². The Labute approximate surface area is 257 Å². The number of imide groups is 1. The number of benzene rings is 2. The van der Waals surface area contributed by atoms with Crippen molar-refractivity contribution in [2.24, 2.45) is 10.2 Å². The van der Waals surface area contributed by atoms with Crippen LogP contribution in [-0.4, -0.2) is 66.3 Å². The van der Waals surface area contributed by atoms with E-state index in [0.717, 1.165) is 24.9 Å². The van der Waals surface area contributed by atoms with Gasteiger partial charge >= 0.3 is 6.09 Å². The van der Waals surface area contributed by atoms with E-state index in [1.165, 1.54) is 4.90 Å². The van der Waals surface area contributed by atoms with Crippen molar-refractivity contribution in [3.05, 3.63) is 53.6 Å². The van der Waals surface area contributed by atoms with Gasteiger partial charge in [0.25, 0.3) is 5.91 Å². The average molecular weight is 605 g/mol. The summed E-state index contributed by atoms with van der Waals surface area (Å²) in [5, 5.41) is 13.8. The third kappa shape index (κ3) is 8.71. The largest absolute Gasteiger partial charge is 0.444 e. The second kappa shape index (κ2) is 14.2. The van der Waals surface area contributed by atoms with E-state index in [1.54, 1.807) is 18.2 Å². The summed E-state index contributed by atoms with van der Waals surface area (Å²) in [4.78, 5) is 64.4. The van der Waals surface area contributed by atoms with Gasteiger partial charge in [-0.3, -0.25) is 24.5 Å². The number of nitrogens with zero attached hydrogens (tertiary/aromatic N) is 4. The van der Waals surface area contributed by atoms with Gasteiger partial charge in [-0.2, -0.15) is 10.2 Å². The number of amides is 4. The number of hydrogen-bond donors (Lipinski definition) is 2. The fraction of sp³-hybridized carbons (Fsp3) is 0.469. The molecule has 4 amide bonds. The first-order valence-corrected chi connectivity index (χ1v) is 14.9. The molecule has 0 bridgehead atoms. The highest BCUT2D eigenvalue weighted by Gasteiger charge is 2.39. The topological polar surface area (TPSA) is 150 Å². The number of rotatable bonds is 12. The maximum absolute atomic E-state index is 13.0. The van der Waals surface area contributed by atoms with E-state index in [2.05, 4.69) is 20.9 Å². The average Bonchev–Trinajstić information content (AvgIpc) is 3.29. The molecule has 0 saturated carbocycles. The van der Waals surface area contributed by atoms with Gasteiger partial charge in [0, 0.05) is 49.8 Å². The number of anilines is 1. The Bertz CT molecular complexity index is 1430. The van der Waals surface area contributed by atoms with Crippen molar-refractivity contribution >= 4 is 46.7 Å². The van der Waals surface area contributed by atoms with E-state index in [9.17, 15) is 24.0 Å². The van der Waals surface area contributed by atoms with Crippen molar-refractivity contribution in [2.75, 3.05) is 25.0 Å². The van der Waals surface area contributed by atoms with Crippen LogP contribution in [-0.2, 0) is 25.7 Å². The van der Waals surface area contributed by atoms with Crippen LogP contribution in [0.5, 0.6) is 0 Å². The molecule has 0 radical (unpaired) electrons. The first-order chi connectivity index (χ1) is 20.9. The van der Waals surface area contributed by atoms with Crippen LogP contribution >= 0.6 is 0 Å². The van der Waals surface area contributed by atoms with Gasteiger partial charge in [-0.15, -0.1) is 0 Å². The number of carbonyl (C=O) groups excluding carboxylic acids is 5. The van der Waals surface area contributed by atoms with Crippen molar-refractivity contribution in [1.29, 1.82) is 0 Å². The van der Waals surface area contributed by atoms with E-state index in [4.69, 9.17) is 4.74 Å². The van der Waals surface area contributed by atoms with Gasteiger partial charge in [0.1, 0.15) is 11.6 Å². The number of likely N-dealkylation sites (N-methyl/N-ethyl adjacent to an activating group) is 1. The molecule has 1 unspecified atom stereocenters. The van der Waals surface area contributed by atoms with E-state index in [0.29, 0.717) is 41.9 Å². The van der Waals surface area contributed by atoms with Gasteiger partial charge in [-0.1, -0.05) is 12.5 Å². The highest BCUT2D eigenvalue weighted by Crippen LogP contribution is 2.34. The molecule has 1 fully saturated rings. The highest BCUT2D eigenvalue weighted by atomic mass is 16.6. The lowest BCUT2D eigenvalue weighted by Gasteiger charge is -2.29. The first kappa shape index (κ1) is 32.3. The van der Waals surface area contributed by atoms with Crippen LogP contribution in [0.1, 0.15) is 75.2 Å². The standard InChI is InChI=1S/C32H40N6O6/c1-32(2,3)44-31(43)33-18-7-5-6-9-23(39)19-37(4)22-14-12-21(13-15-22)35-36-26-11-8-10-24-25(26)20-38(30(24)42)27-16-17-28(40)34-29(27)41/h8,10-15,27H,5-7,9,16-20H2,1-4H3,(H,33,43)(H,34,40,41). The molecule has 2 aliphatic heterocycles. The summed E-state index contributed by atoms with van der Waals surface area (Å²) in [6.45, 7) is 6.47. The molecule has 12 nitrogen and oxygen atoms in total. The molecule has 0 spiro atoms. The molecule has 12 heteroatoms. The minimum absolute atomic E-state index is 0.134. The Balaban J connectivity index is 1.24. The zero-order valence-electron chi connectivity index (χ0n) is 25.7. The lowest BCUT2D eigenvalue weighted by Crippen LogP contribution is -2.52. The van der Waals surface area contributed by atoms with Crippen molar-refractivity contribution in [3.8, 4) is 0 Å². The molecule has 1 atom stereocenters. The SMILES string of the molecule is CN(CC(=O)CCCCCNC(=O)OC(C)(C)C)c1ccc(N=Nc2cccc3c2CN(C2CCC(=O)NC2=O)C3=O)cc1. The third-order valence-electron chi connectivity index (χ3n) is 7.34. The molecular formula is C32H40N6O6. The minimum atomic E-state index is -0.693. The van der Waals surface area contributed by atoms with Gasteiger partial charge in [0.15, 0.2) is 5.78 Å². The number of azo groups is 1. The quantitative estimate of drug-likeness (QED) is 0.198. The zero-order valence-corrected chi connectivity index (χ0v) is 25.7. The third-order valence-corrected chi connectivity index (χ3v) is 7.34. The number of nitrogens with one attached hydrogen (secondary N) is 2. The molecule has 44 heavy (non-hydrogen) atoms. The summed E-state index contributed by atoms with van der Waals surface area (Å²) in [6.07, 6.45) is 2.89. The second-order valence-electron chi connectivity index (χ2n) is 12.1. The second-order valence-corrected chi connectivity index (χ2v) is 12.1. The van der Waals surface area contributed by atoms with Gasteiger partial charge < -0.3 is 19.9 Å². The Kier molecular flexibility index (Phi) is 10.5. The fourth-order valence-corrected chi connectivity index (χ4v) is 5.11. The summed E-state index contributed by atoms with van der Waals surface area (Å²) >= 11 is 0. The molecule has 2 heterocycles. The van der Waals surface area contributed by atoms with Crippen LogP contribution in [0, 0.1) is 0 Å². The Morgan fingerprint density at radius 1 is 1.05 bits per heavy atom. The summed E-state index contributed by atoms with van der Waals surface area (Å²) in [7, 11) is 1.86. The fourth-order valence-electron chi connectivity index (χ4n) is 5.11. The maximum Gasteiger partial charge on any atom is 0.407 e. The Morgan fingerprint density at radius 3 is 2.50 bits per heavy atom.